The van der Waals surface area contributed by atoms with Crippen LogP contribution in [0.25, 0.3) is 0 Å². The van der Waals surface area contributed by atoms with Crippen LogP contribution in [0.5, 0.6) is 0 Å². The molecule has 44 valence electrons. The van der Waals surface area contributed by atoms with Crippen molar-refractivity contribution in [2.45, 2.75) is 19.8 Å². The third-order valence-electron chi connectivity index (χ3n) is 1.53. The lowest BCUT2D eigenvalue weighted by Gasteiger charge is -2.19. The van der Waals surface area contributed by atoms with E-state index >= 15 is 0 Å². The zero-order valence-corrected chi connectivity index (χ0v) is 4.81. The first-order valence-corrected chi connectivity index (χ1v) is 2.81. The fourth-order valence-electron chi connectivity index (χ4n) is 0.922. The predicted octanol–water partition coefficient (Wildman–Crippen LogP) is 0.554. The zero-order valence-electron chi connectivity index (χ0n) is 4.81. The molecule has 0 bridgehead atoms. The van der Waals surface area contributed by atoms with E-state index in [1.807, 2.05) is 6.92 Å². The summed E-state index contributed by atoms with van der Waals surface area (Å²) >= 11 is 0. The summed E-state index contributed by atoms with van der Waals surface area (Å²) in [4.78, 5) is 20.9. The second-order valence-electron chi connectivity index (χ2n) is 2.07. The van der Waals surface area contributed by atoms with E-state index in [1.165, 1.54) is 0 Å². The molecule has 0 aromatic carbocycles. The average molecular weight is 112 g/mol. The summed E-state index contributed by atoms with van der Waals surface area (Å²) < 4.78 is 0. The minimum Gasteiger partial charge on any atom is -0.298 e. The van der Waals surface area contributed by atoms with E-state index in [1.54, 1.807) is 0 Å². The van der Waals surface area contributed by atoms with Crippen LogP contribution in [-0.2, 0) is 9.59 Å². The largest absolute Gasteiger partial charge is 0.298 e. The molecule has 0 atom stereocenters. The standard InChI is InChI=1S/C6H8O2/c1-2-4-5(7)3-6(4)8/h4H,2-3H2,1H3. The van der Waals surface area contributed by atoms with E-state index in [0.29, 0.717) is 6.42 Å². The SMILES string of the molecule is CCC1C(=O)CC1=O. The maximum Gasteiger partial charge on any atom is 0.150 e. The Hall–Kier alpha value is -0.660. The summed E-state index contributed by atoms with van der Waals surface area (Å²) in [6, 6.07) is 0. The molecule has 0 amide bonds. The molecule has 0 aromatic rings. The van der Waals surface area contributed by atoms with Crippen molar-refractivity contribution < 1.29 is 9.59 Å². The Balaban J connectivity index is 2.52. The zero-order chi connectivity index (χ0) is 6.15. The number of rotatable bonds is 1. The number of carbonyl (C=O) groups excluding carboxylic acids is 2. The molecule has 0 saturated heterocycles. The predicted molar refractivity (Wildman–Crippen MR) is 28.4 cm³/mol. The molecule has 2 heteroatoms. The fourth-order valence-corrected chi connectivity index (χ4v) is 0.922. The lowest BCUT2D eigenvalue weighted by Crippen LogP contribution is -2.36. The molecule has 1 aliphatic carbocycles. The molecular formula is C6H8O2. The first-order valence-electron chi connectivity index (χ1n) is 2.81. The smallest absolute Gasteiger partial charge is 0.150 e. The Morgan fingerprint density at radius 1 is 1.50 bits per heavy atom. The summed E-state index contributed by atoms with van der Waals surface area (Å²) in [5.74, 6) is 0.0185. The van der Waals surface area contributed by atoms with Gasteiger partial charge in [0.15, 0.2) is 11.6 Å². The highest BCUT2D eigenvalue weighted by molar-refractivity contribution is 6.20. The Kier molecular flexibility index (Phi) is 1.16. The minimum absolute atomic E-state index is 0.123. The van der Waals surface area contributed by atoms with Crippen molar-refractivity contribution in [2.24, 2.45) is 5.92 Å². The Labute approximate surface area is 47.9 Å². The number of hydrogen-bond donors (Lipinski definition) is 0. The van der Waals surface area contributed by atoms with Crippen molar-refractivity contribution in [1.82, 2.24) is 0 Å². The molecular weight excluding hydrogens is 104 g/mol. The lowest BCUT2D eigenvalue weighted by atomic mass is 9.80. The molecule has 1 aliphatic rings. The molecule has 8 heavy (non-hydrogen) atoms. The van der Waals surface area contributed by atoms with Crippen molar-refractivity contribution in [1.29, 1.82) is 0 Å². The van der Waals surface area contributed by atoms with Gasteiger partial charge in [0.1, 0.15) is 0 Å². The summed E-state index contributed by atoms with van der Waals surface area (Å²) in [7, 11) is 0. The van der Waals surface area contributed by atoms with E-state index < -0.39 is 0 Å². The van der Waals surface area contributed by atoms with Gasteiger partial charge in [0.2, 0.25) is 0 Å². The highest BCUT2D eigenvalue weighted by atomic mass is 16.2. The molecule has 1 fully saturated rings. The van der Waals surface area contributed by atoms with Gasteiger partial charge in [0.25, 0.3) is 0 Å². The molecule has 2 nitrogen and oxygen atoms in total. The second kappa shape index (κ2) is 1.69. The van der Waals surface area contributed by atoms with E-state index in [9.17, 15) is 9.59 Å². The average Bonchev–Trinajstić information content (AvgIpc) is 1.67. The van der Waals surface area contributed by atoms with Gasteiger partial charge in [0, 0.05) is 0 Å². The molecule has 0 N–H and O–H groups in total. The van der Waals surface area contributed by atoms with Gasteiger partial charge in [-0.3, -0.25) is 9.59 Å². The van der Waals surface area contributed by atoms with Crippen LogP contribution in [-0.4, -0.2) is 11.6 Å². The number of carbonyl (C=O) groups is 2. The van der Waals surface area contributed by atoms with Crippen LogP contribution in [0.15, 0.2) is 0 Å². The molecule has 0 aliphatic heterocycles. The quantitative estimate of drug-likeness (QED) is 0.464. The summed E-state index contributed by atoms with van der Waals surface area (Å²) in [5.41, 5.74) is 0. The third kappa shape index (κ3) is 0.565. The van der Waals surface area contributed by atoms with E-state index in [2.05, 4.69) is 0 Å². The van der Waals surface area contributed by atoms with Crippen molar-refractivity contribution in [3.05, 3.63) is 0 Å². The third-order valence-corrected chi connectivity index (χ3v) is 1.53. The van der Waals surface area contributed by atoms with Gasteiger partial charge >= 0.3 is 0 Å². The Bertz CT molecular complexity index is 123. The highest BCUT2D eigenvalue weighted by Gasteiger charge is 2.35. The number of hydrogen-bond acceptors (Lipinski definition) is 2. The van der Waals surface area contributed by atoms with Gasteiger partial charge in [-0.2, -0.15) is 0 Å². The van der Waals surface area contributed by atoms with Gasteiger partial charge in [-0.15, -0.1) is 0 Å². The van der Waals surface area contributed by atoms with Crippen molar-refractivity contribution in [3.63, 3.8) is 0 Å². The molecule has 0 aromatic heterocycles. The van der Waals surface area contributed by atoms with Crippen LogP contribution >= 0.6 is 0 Å². The molecule has 0 heterocycles. The molecule has 0 unspecified atom stereocenters. The van der Waals surface area contributed by atoms with Crippen LogP contribution in [0.3, 0.4) is 0 Å². The topological polar surface area (TPSA) is 34.1 Å². The van der Waals surface area contributed by atoms with Crippen LogP contribution < -0.4 is 0 Å². The van der Waals surface area contributed by atoms with E-state index in [4.69, 9.17) is 0 Å². The molecule has 1 saturated carbocycles. The normalized spacial score (nSPS) is 21.1. The monoisotopic (exact) mass is 112 g/mol. The summed E-state index contributed by atoms with van der Waals surface area (Å²) in [5, 5.41) is 0. The number of ketones is 2. The van der Waals surface area contributed by atoms with Crippen LogP contribution in [0.2, 0.25) is 0 Å². The summed E-state index contributed by atoms with van der Waals surface area (Å²) in [6.45, 7) is 1.86. The molecule has 0 spiro atoms. The highest BCUT2D eigenvalue weighted by Crippen LogP contribution is 2.20. The van der Waals surface area contributed by atoms with Gasteiger partial charge in [-0.25, -0.2) is 0 Å². The molecule has 0 radical (unpaired) electrons. The van der Waals surface area contributed by atoms with Gasteiger partial charge < -0.3 is 0 Å². The first kappa shape index (κ1) is 5.48. The van der Waals surface area contributed by atoms with Crippen LogP contribution in [0, 0.1) is 5.92 Å². The Morgan fingerprint density at radius 3 is 2.12 bits per heavy atom. The second-order valence-corrected chi connectivity index (χ2v) is 2.07. The first-order chi connectivity index (χ1) is 3.75. The van der Waals surface area contributed by atoms with E-state index in [0.717, 1.165) is 0 Å². The van der Waals surface area contributed by atoms with Crippen LogP contribution in [0.4, 0.5) is 0 Å². The van der Waals surface area contributed by atoms with Crippen molar-refractivity contribution in [2.75, 3.05) is 0 Å². The maximum atomic E-state index is 10.5. The molecule has 1 rings (SSSR count). The van der Waals surface area contributed by atoms with Crippen molar-refractivity contribution >= 4 is 11.6 Å². The lowest BCUT2D eigenvalue weighted by molar-refractivity contribution is -0.143. The van der Waals surface area contributed by atoms with Crippen molar-refractivity contribution in [3.8, 4) is 0 Å². The summed E-state index contributed by atoms with van der Waals surface area (Å²) in [6.07, 6.45) is 0.885. The Morgan fingerprint density at radius 2 is 2.00 bits per heavy atom. The minimum atomic E-state index is -0.227. The fraction of sp³-hybridized carbons (Fsp3) is 0.667. The van der Waals surface area contributed by atoms with Gasteiger partial charge in [-0.05, 0) is 6.42 Å². The maximum absolute atomic E-state index is 10.5. The van der Waals surface area contributed by atoms with Gasteiger partial charge in [0.05, 0.1) is 12.3 Å². The van der Waals surface area contributed by atoms with Gasteiger partial charge in [-0.1, -0.05) is 6.92 Å². The van der Waals surface area contributed by atoms with Crippen LogP contribution in [0.1, 0.15) is 19.8 Å². The van der Waals surface area contributed by atoms with E-state index in [-0.39, 0.29) is 23.9 Å². The number of Topliss-reactive ketones (excluding diaryl/α,β-unsaturated/α-hetero) is 2.